The second-order valence-electron chi connectivity index (χ2n) is 6.24. The minimum atomic E-state index is -2.98. The van der Waals surface area contributed by atoms with Crippen molar-refractivity contribution in [3.8, 4) is 11.5 Å². The first-order chi connectivity index (χ1) is 13.6. The lowest BCUT2D eigenvalue weighted by atomic mass is 10.1. The van der Waals surface area contributed by atoms with Gasteiger partial charge in [0.05, 0.1) is 7.11 Å². The molecule has 0 aliphatic carbocycles. The molecule has 1 aliphatic rings. The van der Waals surface area contributed by atoms with Crippen LogP contribution in [0.15, 0.2) is 54.6 Å². The summed E-state index contributed by atoms with van der Waals surface area (Å²) in [7, 11) is 1.37. The zero-order valence-corrected chi connectivity index (χ0v) is 15.6. The Morgan fingerprint density at radius 1 is 1.04 bits per heavy atom. The predicted molar refractivity (Wildman–Crippen MR) is 104 cm³/mol. The highest BCUT2D eigenvalue weighted by molar-refractivity contribution is 5.92. The van der Waals surface area contributed by atoms with E-state index in [0.29, 0.717) is 18.7 Å². The summed E-state index contributed by atoms with van der Waals surface area (Å²) >= 11 is 0. The Bertz CT molecular complexity index is 820. The Hall–Kier alpha value is -3.09. The largest absolute Gasteiger partial charge is 0.493 e. The summed E-state index contributed by atoms with van der Waals surface area (Å²) in [6.45, 7) is -0.316. The lowest BCUT2D eigenvalue weighted by Crippen LogP contribution is -2.48. The molecule has 0 radical (unpaired) electrons. The third-order valence-corrected chi connectivity index (χ3v) is 4.55. The Morgan fingerprint density at radius 2 is 1.75 bits per heavy atom. The SMILES string of the molecule is COc1cccc(/C=C/C(=O)N2CCN(c3ccccc3)CC2)c1OC(F)F. The predicted octanol–water partition coefficient (Wildman–Crippen LogP) is 3.66. The summed E-state index contributed by atoms with van der Waals surface area (Å²) in [6, 6.07) is 14.8. The number of amides is 1. The molecule has 1 fully saturated rings. The van der Waals surface area contributed by atoms with E-state index in [1.54, 1.807) is 17.0 Å². The number of rotatable bonds is 6. The molecule has 0 bridgehead atoms. The first kappa shape index (κ1) is 19.7. The molecule has 5 nitrogen and oxygen atoms in total. The van der Waals surface area contributed by atoms with Crippen LogP contribution in [0.25, 0.3) is 6.08 Å². The Balaban J connectivity index is 1.65. The van der Waals surface area contributed by atoms with Crippen LogP contribution >= 0.6 is 0 Å². The van der Waals surface area contributed by atoms with Gasteiger partial charge in [-0.15, -0.1) is 0 Å². The van der Waals surface area contributed by atoms with Gasteiger partial charge in [0, 0.05) is 43.5 Å². The van der Waals surface area contributed by atoms with E-state index in [2.05, 4.69) is 9.64 Å². The summed E-state index contributed by atoms with van der Waals surface area (Å²) in [5.74, 6) is -0.0668. The molecular weight excluding hydrogens is 366 g/mol. The van der Waals surface area contributed by atoms with Crippen molar-refractivity contribution >= 4 is 17.7 Å². The number of carbonyl (C=O) groups is 1. The van der Waals surface area contributed by atoms with E-state index in [0.717, 1.165) is 18.8 Å². The molecule has 1 amide bonds. The molecule has 0 atom stereocenters. The highest BCUT2D eigenvalue weighted by Gasteiger charge is 2.20. The number of benzene rings is 2. The number of carbonyl (C=O) groups excluding carboxylic acids is 1. The number of nitrogens with zero attached hydrogens (tertiary/aromatic N) is 2. The molecule has 1 aliphatic heterocycles. The van der Waals surface area contributed by atoms with Gasteiger partial charge in [-0.05, 0) is 24.3 Å². The average molecular weight is 388 g/mol. The van der Waals surface area contributed by atoms with E-state index in [1.807, 2.05) is 30.3 Å². The van der Waals surface area contributed by atoms with Gasteiger partial charge < -0.3 is 19.3 Å². The van der Waals surface area contributed by atoms with Gasteiger partial charge in [0.25, 0.3) is 0 Å². The monoisotopic (exact) mass is 388 g/mol. The molecule has 1 heterocycles. The van der Waals surface area contributed by atoms with E-state index in [9.17, 15) is 13.6 Å². The molecule has 7 heteroatoms. The molecule has 28 heavy (non-hydrogen) atoms. The molecule has 0 saturated carbocycles. The number of hydrogen-bond donors (Lipinski definition) is 0. The maximum Gasteiger partial charge on any atom is 0.387 e. The number of hydrogen-bond acceptors (Lipinski definition) is 4. The van der Waals surface area contributed by atoms with Crippen molar-refractivity contribution in [1.29, 1.82) is 0 Å². The van der Waals surface area contributed by atoms with Crippen LogP contribution in [0.5, 0.6) is 11.5 Å². The summed E-state index contributed by atoms with van der Waals surface area (Å²) in [5.41, 5.74) is 1.49. The van der Waals surface area contributed by atoms with Crippen LogP contribution in [0.2, 0.25) is 0 Å². The highest BCUT2D eigenvalue weighted by atomic mass is 19.3. The van der Waals surface area contributed by atoms with E-state index in [4.69, 9.17) is 4.74 Å². The quantitative estimate of drug-likeness (QED) is 0.709. The second kappa shape index (κ2) is 9.21. The Labute approximate surface area is 162 Å². The molecule has 0 spiro atoms. The van der Waals surface area contributed by atoms with Gasteiger partial charge in [-0.2, -0.15) is 8.78 Å². The van der Waals surface area contributed by atoms with Crippen LogP contribution in [0.1, 0.15) is 5.56 Å². The molecule has 2 aromatic carbocycles. The average Bonchev–Trinajstić information content (AvgIpc) is 2.73. The van der Waals surface area contributed by atoms with Gasteiger partial charge >= 0.3 is 6.61 Å². The van der Waals surface area contributed by atoms with Crippen LogP contribution in [-0.2, 0) is 4.79 Å². The van der Waals surface area contributed by atoms with E-state index in [1.165, 1.54) is 25.3 Å². The zero-order chi connectivity index (χ0) is 19.9. The molecular formula is C21H22F2N2O3. The molecule has 3 rings (SSSR count). The number of ether oxygens (including phenoxy) is 2. The highest BCUT2D eigenvalue weighted by Crippen LogP contribution is 2.33. The normalized spacial score (nSPS) is 14.6. The van der Waals surface area contributed by atoms with Gasteiger partial charge in [-0.1, -0.05) is 30.3 Å². The fraction of sp³-hybridized carbons (Fsp3) is 0.286. The van der Waals surface area contributed by atoms with Crippen LogP contribution in [-0.4, -0.2) is 50.7 Å². The fourth-order valence-electron chi connectivity index (χ4n) is 3.13. The molecule has 0 N–H and O–H groups in total. The second-order valence-corrected chi connectivity index (χ2v) is 6.24. The van der Waals surface area contributed by atoms with Gasteiger partial charge in [0.2, 0.25) is 5.91 Å². The van der Waals surface area contributed by atoms with Gasteiger partial charge in [-0.3, -0.25) is 4.79 Å². The molecule has 2 aromatic rings. The van der Waals surface area contributed by atoms with Crippen molar-refractivity contribution in [3.63, 3.8) is 0 Å². The number of alkyl halides is 2. The van der Waals surface area contributed by atoms with Gasteiger partial charge in [0.15, 0.2) is 11.5 Å². The lowest BCUT2D eigenvalue weighted by molar-refractivity contribution is -0.126. The van der Waals surface area contributed by atoms with E-state index >= 15 is 0 Å². The molecule has 0 unspecified atom stereocenters. The Morgan fingerprint density at radius 3 is 2.39 bits per heavy atom. The maximum absolute atomic E-state index is 12.7. The number of halogens is 2. The third-order valence-electron chi connectivity index (χ3n) is 4.55. The number of methoxy groups -OCH3 is 1. The van der Waals surface area contributed by atoms with Crippen LogP contribution in [0.4, 0.5) is 14.5 Å². The molecule has 0 aromatic heterocycles. The lowest BCUT2D eigenvalue weighted by Gasteiger charge is -2.35. The summed E-state index contributed by atoms with van der Waals surface area (Å²) in [6.07, 6.45) is 2.86. The zero-order valence-electron chi connectivity index (χ0n) is 15.6. The molecule has 1 saturated heterocycles. The van der Waals surface area contributed by atoms with Gasteiger partial charge in [0.1, 0.15) is 0 Å². The number of piperazine rings is 1. The topological polar surface area (TPSA) is 42.0 Å². The first-order valence-corrected chi connectivity index (χ1v) is 8.97. The van der Waals surface area contributed by atoms with Crippen molar-refractivity contribution in [3.05, 3.63) is 60.2 Å². The first-order valence-electron chi connectivity index (χ1n) is 8.97. The summed E-state index contributed by atoms with van der Waals surface area (Å²) < 4.78 is 35.0. The standard InChI is InChI=1S/C21H22F2N2O3/c1-27-18-9-5-6-16(20(18)28-21(22)23)10-11-19(26)25-14-12-24(13-15-25)17-7-3-2-4-8-17/h2-11,21H,12-15H2,1H3/b11-10+. The Kier molecular flexibility index (Phi) is 6.47. The molecule has 148 valence electrons. The third kappa shape index (κ3) is 4.79. The van der Waals surface area contributed by atoms with Crippen LogP contribution in [0.3, 0.4) is 0 Å². The van der Waals surface area contributed by atoms with Crippen LogP contribution < -0.4 is 14.4 Å². The maximum atomic E-state index is 12.7. The number of anilines is 1. The minimum absolute atomic E-state index is 0.0852. The van der Waals surface area contributed by atoms with E-state index in [-0.39, 0.29) is 17.4 Å². The van der Waals surface area contributed by atoms with E-state index < -0.39 is 6.61 Å². The summed E-state index contributed by atoms with van der Waals surface area (Å²) in [5, 5.41) is 0. The van der Waals surface area contributed by atoms with Crippen molar-refractivity contribution in [1.82, 2.24) is 4.90 Å². The van der Waals surface area contributed by atoms with Crippen molar-refractivity contribution in [2.45, 2.75) is 6.61 Å². The van der Waals surface area contributed by atoms with Crippen molar-refractivity contribution in [2.24, 2.45) is 0 Å². The van der Waals surface area contributed by atoms with Crippen molar-refractivity contribution in [2.75, 3.05) is 38.2 Å². The van der Waals surface area contributed by atoms with Crippen molar-refractivity contribution < 1.29 is 23.0 Å². The smallest absolute Gasteiger partial charge is 0.387 e. The fourth-order valence-corrected chi connectivity index (χ4v) is 3.13. The number of para-hydroxylation sites is 2. The summed E-state index contributed by atoms with van der Waals surface area (Å²) in [4.78, 5) is 16.5. The van der Waals surface area contributed by atoms with Crippen LogP contribution in [0, 0.1) is 0 Å². The minimum Gasteiger partial charge on any atom is -0.493 e. The van der Waals surface area contributed by atoms with Gasteiger partial charge in [-0.25, -0.2) is 0 Å².